The molecule has 0 aromatic heterocycles. The second-order valence-electron chi connectivity index (χ2n) is 7.45. The summed E-state index contributed by atoms with van der Waals surface area (Å²) in [6, 6.07) is 0. The van der Waals surface area contributed by atoms with Gasteiger partial charge < -0.3 is 28.4 Å². The Balaban J connectivity index is 1.66. The van der Waals surface area contributed by atoms with E-state index in [1.54, 1.807) is 0 Å². The van der Waals surface area contributed by atoms with Crippen LogP contribution in [0.1, 0.15) is 47.0 Å². The SMILES string of the molecule is C#CCCCC(=O)O[C@H]1O[C@H]([C@H]2COC(C)(C)O2)[C@@H]2OC(C)(C)O[C@H]12. The van der Waals surface area contributed by atoms with Crippen LogP contribution in [0.25, 0.3) is 0 Å². The van der Waals surface area contributed by atoms with Gasteiger partial charge in [0, 0.05) is 12.8 Å². The molecule has 3 aliphatic rings. The molecule has 0 aliphatic carbocycles. The van der Waals surface area contributed by atoms with E-state index in [2.05, 4.69) is 5.92 Å². The molecule has 0 bridgehead atoms. The number of esters is 1. The Morgan fingerprint density at radius 1 is 1.12 bits per heavy atom. The number of fused-ring (bicyclic) bond motifs is 1. The van der Waals surface area contributed by atoms with Crippen molar-refractivity contribution in [1.29, 1.82) is 0 Å². The Kier molecular flexibility index (Phi) is 5.11. The summed E-state index contributed by atoms with van der Waals surface area (Å²) in [5.41, 5.74) is 0. The molecule has 0 amide bonds. The first-order valence-electron chi connectivity index (χ1n) is 8.66. The molecule has 0 aromatic rings. The van der Waals surface area contributed by atoms with Crippen molar-refractivity contribution in [3.05, 3.63) is 0 Å². The van der Waals surface area contributed by atoms with Gasteiger partial charge in [-0.3, -0.25) is 4.79 Å². The summed E-state index contributed by atoms with van der Waals surface area (Å²) in [7, 11) is 0. The Labute approximate surface area is 148 Å². The molecule has 5 atom stereocenters. The van der Waals surface area contributed by atoms with Crippen LogP contribution < -0.4 is 0 Å². The van der Waals surface area contributed by atoms with Gasteiger partial charge in [-0.1, -0.05) is 0 Å². The van der Waals surface area contributed by atoms with E-state index in [0.717, 1.165) is 0 Å². The second kappa shape index (κ2) is 6.86. The summed E-state index contributed by atoms with van der Waals surface area (Å²) >= 11 is 0. The van der Waals surface area contributed by atoms with Gasteiger partial charge in [0.05, 0.1) is 6.61 Å². The van der Waals surface area contributed by atoms with Crippen LogP contribution in [0.15, 0.2) is 0 Å². The molecule has 0 radical (unpaired) electrons. The molecule has 140 valence electrons. The number of ether oxygens (including phenoxy) is 6. The lowest BCUT2D eigenvalue weighted by molar-refractivity contribution is -0.244. The minimum Gasteiger partial charge on any atom is -0.433 e. The van der Waals surface area contributed by atoms with Crippen LogP contribution in [0.3, 0.4) is 0 Å². The Morgan fingerprint density at radius 2 is 1.84 bits per heavy atom. The molecule has 3 fully saturated rings. The van der Waals surface area contributed by atoms with Gasteiger partial charge in [-0.25, -0.2) is 0 Å². The van der Waals surface area contributed by atoms with Crippen LogP contribution in [-0.4, -0.2) is 54.9 Å². The fourth-order valence-electron chi connectivity index (χ4n) is 3.39. The van der Waals surface area contributed by atoms with Crippen LogP contribution in [0, 0.1) is 12.3 Å². The van der Waals surface area contributed by atoms with Gasteiger partial charge in [0.1, 0.15) is 18.3 Å². The van der Waals surface area contributed by atoms with Crippen LogP contribution in [-0.2, 0) is 33.2 Å². The molecule has 3 rings (SSSR count). The van der Waals surface area contributed by atoms with Gasteiger partial charge in [0.15, 0.2) is 17.7 Å². The maximum absolute atomic E-state index is 12.0. The number of hydrogen-bond acceptors (Lipinski definition) is 7. The monoisotopic (exact) mass is 354 g/mol. The highest BCUT2D eigenvalue weighted by Crippen LogP contribution is 2.42. The fourth-order valence-corrected chi connectivity index (χ4v) is 3.39. The molecule has 3 aliphatic heterocycles. The zero-order valence-electron chi connectivity index (χ0n) is 15.2. The van der Waals surface area contributed by atoms with Gasteiger partial charge in [0.25, 0.3) is 0 Å². The normalized spacial score (nSPS) is 38.3. The van der Waals surface area contributed by atoms with E-state index in [-0.39, 0.29) is 24.6 Å². The minimum atomic E-state index is -0.831. The number of rotatable bonds is 5. The van der Waals surface area contributed by atoms with Crippen molar-refractivity contribution >= 4 is 5.97 Å². The standard InChI is InChI=1S/C18H26O7/c1-6-7-8-9-12(19)21-16-15-14(24-18(4,5)25-15)13(22-16)11-10-20-17(2,3)23-11/h1,11,13-16H,7-10H2,2-5H3/t11-,13-,14+,15+,16+/m1/s1. The van der Waals surface area contributed by atoms with Crippen LogP contribution >= 0.6 is 0 Å². The van der Waals surface area contributed by atoms with Crippen molar-refractivity contribution in [1.82, 2.24) is 0 Å². The smallest absolute Gasteiger partial charge is 0.308 e. The van der Waals surface area contributed by atoms with Crippen molar-refractivity contribution < 1.29 is 33.2 Å². The van der Waals surface area contributed by atoms with Gasteiger partial charge in [-0.15, -0.1) is 12.3 Å². The number of hydrogen-bond donors (Lipinski definition) is 0. The van der Waals surface area contributed by atoms with E-state index < -0.39 is 30.1 Å². The zero-order valence-corrected chi connectivity index (χ0v) is 15.2. The summed E-state index contributed by atoms with van der Waals surface area (Å²) in [5, 5.41) is 0. The Bertz CT molecular complexity index is 550. The molecule has 0 N–H and O–H groups in total. The second-order valence-corrected chi connectivity index (χ2v) is 7.45. The number of carbonyl (C=O) groups is 1. The third-order valence-electron chi connectivity index (χ3n) is 4.39. The zero-order chi connectivity index (χ0) is 18.2. The minimum absolute atomic E-state index is 0.242. The average Bonchev–Trinajstić information content (AvgIpc) is 3.11. The van der Waals surface area contributed by atoms with Crippen LogP contribution in [0.5, 0.6) is 0 Å². The number of unbranched alkanes of at least 4 members (excludes halogenated alkanes) is 1. The highest BCUT2D eigenvalue weighted by Gasteiger charge is 2.60. The van der Waals surface area contributed by atoms with E-state index >= 15 is 0 Å². The highest BCUT2D eigenvalue weighted by atomic mass is 16.8. The van der Waals surface area contributed by atoms with E-state index in [0.29, 0.717) is 19.4 Å². The third-order valence-corrected chi connectivity index (χ3v) is 4.39. The summed E-state index contributed by atoms with van der Waals surface area (Å²) in [6.45, 7) is 7.72. The van der Waals surface area contributed by atoms with Gasteiger partial charge in [-0.05, 0) is 34.1 Å². The van der Waals surface area contributed by atoms with E-state index in [4.69, 9.17) is 34.8 Å². The molecule has 25 heavy (non-hydrogen) atoms. The lowest BCUT2D eigenvalue weighted by Gasteiger charge is -2.26. The number of carbonyl (C=O) groups excluding carboxylic acids is 1. The molecular weight excluding hydrogens is 328 g/mol. The topological polar surface area (TPSA) is 72.5 Å². The highest BCUT2D eigenvalue weighted by molar-refractivity contribution is 5.69. The molecule has 3 heterocycles. The summed E-state index contributed by atoms with van der Waals surface area (Å²) in [6.07, 6.45) is 4.09. The maximum atomic E-state index is 12.0. The maximum Gasteiger partial charge on any atom is 0.308 e. The molecule has 7 nitrogen and oxygen atoms in total. The molecule has 0 unspecified atom stereocenters. The number of terminal acetylenes is 1. The summed E-state index contributed by atoms with van der Waals surface area (Å²) in [4.78, 5) is 12.0. The van der Waals surface area contributed by atoms with E-state index in [9.17, 15) is 4.79 Å². The lowest BCUT2D eigenvalue weighted by atomic mass is 10.1. The van der Waals surface area contributed by atoms with Crippen molar-refractivity contribution in [3.8, 4) is 12.3 Å². The van der Waals surface area contributed by atoms with Crippen LogP contribution in [0.4, 0.5) is 0 Å². The molecule has 0 spiro atoms. The predicted octanol–water partition coefficient (Wildman–Crippen LogP) is 1.73. The van der Waals surface area contributed by atoms with Gasteiger partial charge in [-0.2, -0.15) is 0 Å². The van der Waals surface area contributed by atoms with Crippen LogP contribution in [0.2, 0.25) is 0 Å². The van der Waals surface area contributed by atoms with Crippen molar-refractivity contribution in [2.24, 2.45) is 0 Å². The van der Waals surface area contributed by atoms with Gasteiger partial charge >= 0.3 is 5.97 Å². The predicted molar refractivity (Wildman–Crippen MR) is 86.2 cm³/mol. The molecular formula is C18H26O7. The van der Waals surface area contributed by atoms with Crippen molar-refractivity contribution in [2.45, 2.75) is 89.2 Å². The first-order chi connectivity index (χ1) is 11.7. The molecule has 7 heteroatoms. The quantitative estimate of drug-likeness (QED) is 0.423. The van der Waals surface area contributed by atoms with Crippen molar-refractivity contribution in [2.75, 3.05) is 6.61 Å². The Hall–Kier alpha value is -1.17. The third kappa shape index (κ3) is 4.15. The Morgan fingerprint density at radius 3 is 2.48 bits per heavy atom. The molecule has 0 aromatic carbocycles. The van der Waals surface area contributed by atoms with E-state index in [1.165, 1.54) is 0 Å². The average molecular weight is 354 g/mol. The largest absolute Gasteiger partial charge is 0.433 e. The van der Waals surface area contributed by atoms with Gasteiger partial charge in [0.2, 0.25) is 6.29 Å². The lowest BCUT2D eigenvalue weighted by Crippen LogP contribution is -2.40. The molecule has 0 saturated carbocycles. The first kappa shape index (κ1) is 18.6. The molecule has 3 saturated heterocycles. The first-order valence-corrected chi connectivity index (χ1v) is 8.66. The fraction of sp³-hybridized carbons (Fsp3) is 0.833. The summed E-state index contributed by atoms with van der Waals surface area (Å²) in [5.74, 6) is 0.683. The van der Waals surface area contributed by atoms with Crippen molar-refractivity contribution in [3.63, 3.8) is 0 Å². The summed E-state index contributed by atoms with van der Waals surface area (Å²) < 4.78 is 34.8. The van der Waals surface area contributed by atoms with E-state index in [1.807, 2.05) is 27.7 Å².